The molecule has 1 saturated heterocycles. The van der Waals surface area contributed by atoms with Crippen LogP contribution in [0, 0.1) is 6.92 Å². The highest BCUT2D eigenvalue weighted by Crippen LogP contribution is 2.25. The van der Waals surface area contributed by atoms with Crippen molar-refractivity contribution in [2.45, 2.75) is 30.7 Å². The standard InChI is InChI=1S/C13H20N2O3S/c1-10-9-12(3-4-13(10)18-2)19(16,17)15-7-5-11(14)6-8-15/h3-4,9,11H,5-8,14H2,1-2H3. The van der Waals surface area contributed by atoms with E-state index in [0.717, 1.165) is 5.56 Å². The molecule has 0 bridgehead atoms. The largest absolute Gasteiger partial charge is 0.496 e. The molecular weight excluding hydrogens is 264 g/mol. The predicted molar refractivity (Wildman–Crippen MR) is 73.7 cm³/mol. The summed E-state index contributed by atoms with van der Waals surface area (Å²) in [4.78, 5) is 0.321. The number of methoxy groups -OCH3 is 1. The molecule has 0 amide bonds. The van der Waals surface area contributed by atoms with Gasteiger partial charge in [-0.15, -0.1) is 0 Å². The van der Waals surface area contributed by atoms with Gasteiger partial charge in [-0.25, -0.2) is 8.42 Å². The second-order valence-electron chi connectivity index (χ2n) is 4.87. The molecule has 1 aromatic carbocycles. The van der Waals surface area contributed by atoms with Gasteiger partial charge in [-0.1, -0.05) is 0 Å². The van der Waals surface area contributed by atoms with Crippen molar-refractivity contribution in [1.29, 1.82) is 0 Å². The van der Waals surface area contributed by atoms with E-state index in [4.69, 9.17) is 10.5 Å². The molecule has 0 aromatic heterocycles. The Bertz CT molecular complexity index is 549. The lowest BCUT2D eigenvalue weighted by Gasteiger charge is -2.29. The number of nitrogens with zero attached hydrogens (tertiary/aromatic N) is 1. The van der Waals surface area contributed by atoms with Gasteiger partial charge in [0.1, 0.15) is 5.75 Å². The van der Waals surface area contributed by atoms with E-state index in [1.807, 2.05) is 6.92 Å². The number of benzene rings is 1. The van der Waals surface area contributed by atoms with E-state index >= 15 is 0 Å². The Kier molecular flexibility index (Phi) is 4.13. The number of sulfonamides is 1. The van der Waals surface area contributed by atoms with Gasteiger partial charge in [0.05, 0.1) is 12.0 Å². The molecule has 106 valence electrons. The molecule has 0 atom stereocenters. The van der Waals surface area contributed by atoms with Crippen LogP contribution in [0.5, 0.6) is 5.75 Å². The Labute approximate surface area is 114 Å². The maximum atomic E-state index is 12.5. The summed E-state index contributed by atoms with van der Waals surface area (Å²) in [7, 11) is -1.84. The second kappa shape index (κ2) is 5.48. The van der Waals surface area contributed by atoms with Crippen LogP contribution in [0.15, 0.2) is 23.1 Å². The summed E-state index contributed by atoms with van der Waals surface area (Å²) in [5.74, 6) is 0.694. The van der Waals surface area contributed by atoms with Crippen molar-refractivity contribution in [3.63, 3.8) is 0 Å². The van der Waals surface area contributed by atoms with E-state index in [-0.39, 0.29) is 6.04 Å². The average molecular weight is 284 g/mol. The van der Waals surface area contributed by atoms with Gasteiger partial charge in [0.15, 0.2) is 0 Å². The number of hydrogen-bond donors (Lipinski definition) is 1. The summed E-state index contributed by atoms with van der Waals surface area (Å²) in [5.41, 5.74) is 6.62. The number of ether oxygens (including phenoxy) is 1. The molecule has 2 N–H and O–H groups in total. The van der Waals surface area contributed by atoms with Crippen molar-refractivity contribution in [1.82, 2.24) is 4.31 Å². The second-order valence-corrected chi connectivity index (χ2v) is 6.81. The topological polar surface area (TPSA) is 72.6 Å². The molecule has 0 radical (unpaired) electrons. The van der Waals surface area contributed by atoms with Crippen LogP contribution in [0.2, 0.25) is 0 Å². The zero-order chi connectivity index (χ0) is 14.0. The molecule has 5 nitrogen and oxygen atoms in total. The molecule has 1 aliphatic heterocycles. The molecule has 1 aliphatic rings. The fraction of sp³-hybridized carbons (Fsp3) is 0.538. The predicted octanol–water partition coefficient (Wildman–Crippen LogP) is 1.12. The van der Waals surface area contributed by atoms with Gasteiger partial charge in [-0.2, -0.15) is 4.31 Å². The smallest absolute Gasteiger partial charge is 0.243 e. The van der Waals surface area contributed by atoms with Crippen molar-refractivity contribution in [3.05, 3.63) is 23.8 Å². The summed E-state index contributed by atoms with van der Waals surface area (Å²) in [6, 6.07) is 5.06. The van der Waals surface area contributed by atoms with Crippen molar-refractivity contribution in [2.24, 2.45) is 5.73 Å². The van der Waals surface area contributed by atoms with E-state index in [0.29, 0.717) is 36.6 Å². The van der Waals surface area contributed by atoms with E-state index in [2.05, 4.69) is 0 Å². The lowest BCUT2D eigenvalue weighted by molar-refractivity contribution is 0.320. The molecule has 1 fully saturated rings. The molecule has 1 aromatic rings. The molecule has 2 rings (SSSR count). The maximum Gasteiger partial charge on any atom is 0.243 e. The van der Waals surface area contributed by atoms with Crippen LogP contribution >= 0.6 is 0 Å². The highest BCUT2D eigenvalue weighted by molar-refractivity contribution is 7.89. The van der Waals surface area contributed by atoms with Crippen molar-refractivity contribution in [3.8, 4) is 5.75 Å². The first kappa shape index (κ1) is 14.3. The number of rotatable bonds is 3. The van der Waals surface area contributed by atoms with Crippen LogP contribution in [-0.4, -0.2) is 39.0 Å². The third kappa shape index (κ3) is 2.91. The molecule has 0 aliphatic carbocycles. The third-order valence-electron chi connectivity index (χ3n) is 3.50. The highest BCUT2D eigenvalue weighted by atomic mass is 32.2. The van der Waals surface area contributed by atoms with Gasteiger partial charge in [0, 0.05) is 19.1 Å². The molecule has 0 unspecified atom stereocenters. The van der Waals surface area contributed by atoms with Crippen molar-refractivity contribution >= 4 is 10.0 Å². The number of hydrogen-bond acceptors (Lipinski definition) is 4. The van der Waals surface area contributed by atoms with Crippen LogP contribution in [-0.2, 0) is 10.0 Å². The molecule has 0 spiro atoms. The minimum absolute atomic E-state index is 0.115. The van der Waals surface area contributed by atoms with Gasteiger partial charge >= 0.3 is 0 Å². The quantitative estimate of drug-likeness (QED) is 0.902. The lowest BCUT2D eigenvalue weighted by Crippen LogP contribution is -2.42. The molecular formula is C13H20N2O3S. The maximum absolute atomic E-state index is 12.5. The zero-order valence-corrected chi connectivity index (χ0v) is 12.1. The Morgan fingerprint density at radius 3 is 2.47 bits per heavy atom. The Balaban J connectivity index is 2.27. The summed E-state index contributed by atoms with van der Waals surface area (Å²) in [6.45, 7) is 2.83. The average Bonchev–Trinajstić information content (AvgIpc) is 2.39. The molecule has 0 saturated carbocycles. The van der Waals surface area contributed by atoms with E-state index in [1.165, 1.54) is 4.31 Å². The zero-order valence-electron chi connectivity index (χ0n) is 11.3. The monoisotopic (exact) mass is 284 g/mol. The van der Waals surface area contributed by atoms with Gasteiger partial charge in [0.25, 0.3) is 0 Å². The summed E-state index contributed by atoms with van der Waals surface area (Å²) >= 11 is 0. The lowest BCUT2D eigenvalue weighted by atomic mass is 10.1. The SMILES string of the molecule is COc1ccc(S(=O)(=O)N2CCC(N)CC2)cc1C. The van der Waals surface area contributed by atoms with Crippen LogP contribution in [0.25, 0.3) is 0 Å². The van der Waals surface area contributed by atoms with Crippen LogP contribution in [0.3, 0.4) is 0 Å². The minimum Gasteiger partial charge on any atom is -0.496 e. The Morgan fingerprint density at radius 2 is 1.95 bits per heavy atom. The van der Waals surface area contributed by atoms with Gasteiger partial charge in [-0.3, -0.25) is 0 Å². The number of nitrogens with two attached hydrogens (primary N) is 1. The van der Waals surface area contributed by atoms with Crippen molar-refractivity contribution in [2.75, 3.05) is 20.2 Å². The van der Waals surface area contributed by atoms with E-state index in [1.54, 1.807) is 25.3 Å². The fourth-order valence-corrected chi connectivity index (χ4v) is 3.83. The molecule has 1 heterocycles. The summed E-state index contributed by atoms with van der Waals surface area (Å²) in [5, 5.41) is 0. The Morgan fingerprint density at radius 1 is 1.32 bits per heavy atom. The first-order chi connectivity index (χ1) is 8.95. The summed E-state index contributed by atoms with van der Waals surface area (Å²) < 4.78 is 31.6. The highest BCUT2D eigenvalue weighted by Gasteiger charge is 2.28. The normalized spacial score (nSPS) is 18.5. The van der Waals surface area contributed by atoms with E-state index in [9.17, 15) is 8.42 Å². The minimum atomic E-state index is -3.41. The third-order valence-corrected chi connectivity index (χ3v) is 5.40. The first-order valence-corrected chi connectivity index (χ1v) is 7.79. The Hall–Kier alpha value is -1.11. The van der Waals surface area contributed by atoms with E-state index < -0.39 is 10.0 Å². The van der Waals surface area contributed by atoms with Crippen molar-refractivity contribution < 1.29 is 13.2 Å². The van der Waals surface area contributed by atoms with Crippen LogP contribution < -0.4 is 10.5 Å². The van der Waals surface area contributed by atoms with Gasteiger partial charge in [0.2, 0.25) is 10.0 Å². The fourth-order valence-electron chi connectivity index (χ4n) is 2.28. The molecule has 6 heteroatoms. The van der Waals surface area contributed by atoms with Gasteiger partial charge < -0.3 is 10.5 Å². The summed E-state index contributed by atoms with van der Waals surface area (Å²) in [6.07, 6.45) is 1.43. The van der Waals surface area contributed by atoms with Crippen LogP contribution in [0.1, 0.15) is 18.4 Å². The number of aryl methyl sites for hydroxylation is 1. The van der Waals surface area contributed by atoms with Crippen LogP contribution in [0.4, 0.5) is 0 Å². The molecule has 19 heavy (non-hydrogen) atoms. The first-order valence-electron chi connectivity index (χ1n) is 6.35. The number of piperidine rings is 1. The van der Waals surface area contributed by atoms with Gasteiger partial charge in [-0.05, 0) is 43.5 Å².